The largest absolute Gasteiger partial charge is 0.478 e. The second-order valence-corrected chi connectivity index (χ2v) is 21.9. The summed E-state index contributed by atoms with van der Waals surface area (Å²) in [4.78, 5) is 13.9. The van der Waals surface area contributed by atoms with Gasteiger partial charge in [-0.3, -0.25) is 0 Å². The normalized spacial score (nSPS) is 40.8. The number of halogens is 1. The van der Waals surface area contributed by atoms with Crippen LogP contribution in [0.5, 0.6) is 0 Å². The van der Waals surface area contributed by atoms with Gasteiger partial charge >= 0.3 is 5.97 Å². The number of hydrogen-bond donors (Lipinski definition) is 2. The zero-order valence-electron chi connectivity index (χ0n) is 32.8. The second kappa shape index (κ2) is 13.3. The molecule has 1 heterocycles. The Labute approximate surface area is 313 Å². The van der Waals surface area contributed by atoms with Crippen molar-refractivity contribution in [3.05, 3.63) is 53.4 Å². The van der Waals surface area contributed by atoms with Crippen molar-refractivity contribution in [3.8, 4) is 0 Å². The number of hydrogen-bond acceptors (Lipinski definition) is 5. The number of carboxylic acids is 1. The van der Waals surface area contributed by atoms with Crippen LogP contribution in [0.2, 0.25) is 0 Å². The number of fused-ring (bicyclic) bond motifs is 7. The fourth-order valence-electron chi connectivity index (χ4n) is 14.3. The average Bonchev–Trinajstić information content (AvgIpc) is 3.46. The zero-order chi connectivity index (χ0) is 37.5. The van der Waals surface area contributed by atoms with Crippen LogP contribution in [-0.2, 0) is 9.84 Å². The predicted octanol–water partition coefficient (Wildman–Crippen LogP) is 8.88. The van der Waals surface area contributed by atoms with Crippen LogP contribution in [0.1, 0.15) is 122 Å². The van der Waals surface area contributed by atoms with Crippen molar-refractivity contribution in [1.29, 1.82) is 0 Å². The Bertz CT molecular complexity index is 1720. The van der Waals surface area contributed by atoms with Crippen LogP contribution in [0, 0.1) is 62.5 Å². The van der Waals surface area contributed by atoms with Gasteiger partial charge in [0.2, 0.25) is 0 Å². The first-order valence-electron chi connectivity index (χ1n) is 20.4. The molecule has 0 amide bonds. The lowest BCUT2D eigenvalue weighted by Crippen LogP contribution is -2.65. The summed E-state index contributed by atoms with van der Waals surface area (Å²) in [5.74, 6) is 1.99. The Morgan fingerprint density at radius 3 is 2.38 bits per heavy atom. The van der Waals surface area contributed by atoms with E-state index in [1.807, 2.05) is 0 Å². The molecule has 0 radical (unpaired) electrons. The minimum Gasteiger partial charge on any atom is -0.478 e. The van der Waals surface area contributed by atoms with Gasteiger partial charge in [-0.15, -0.1) is 0 Å². The number of benzene rings is 1. The van der Waals surface area contributed by atoms with E-state index in [2.05, 4.69) is 64.4 Å². The fourth-order valence-corrected chi connectivity index (χ4v) is 15.5. The third-order valence-electron chi connectivity index (χ3n) is 17.1. The van der Waals surface area contributed by atoms with E-state index in [1.54, 1.807) is 12.1 Å². The number of carbonyl (C=O) groups is 1. The summed E-state index contributed by atoms with van der Waals surface area (Å²) in [6.07, 6.45) is 14.3. The SMILES string of the molecule is C=C(C)C1CCC2(CNCCCN3CCS(=O)(=O)CC3)CCC3(C)C(CCC4C5(C)CC=C(c6ccc(C(=O)O)cc6F)C(C)(C)C5CCC43C)C12. The number of nitrogens with zero attached hydrogens (tertiary/aromatic N) is 1. The van der Waals surface area contributed by atoms with Crippen LogP contribution in [-0.4, -0.2) is 68.6 Å². The number of rotatable bonds is 9. The molecular weight excluding hydrogens is 672 g/mol. The van der Waals surface area contributed by atoms with E-state index >= 15 is 4.39 Å². The number of aromatic carboxylic acids is 1. The van der Waals surface area contributed by atoms with E-state index in [9.17, 15) is 18.3 Å². The number of sulfone groups is 1. The smallest absolute Gasteiger partial charge is 0.335 e. The molecular formula is C44H65FN2O4S. The van der Waals surface area contributed by atoms with Gasteiger partial charge < -0.3 is 15.3 Å². The van der Waals surface area contributed by atoms with Crippen molar-refractivity contribution >= 4 is 21.4 Å². The van der Waals surface area contributed by atoms with Crippen LogP contribution in [0.4, 0.5) is 4.39 Å². The van der Waals surface area contributed by atoms with Gasteiger partial charge in [-0.05, 0) is 159 Å². The molecule has 1 aliphatic heterocycles. The zero-order valence-corrected chi connectivity index (χ0v) is 33.6. The fraction of sp³-hybridized carbons (Fsp3) is 0.750. The second-order valence-electron chi connectivity index (χ2n) is 19.6. The molecule has 52 heavy (non-hydrogen) atoms. The maximum atomic E-state index is 15.5. The molecule has 6 aliphatic rings. The quantitative estimate of drug-likeness (QED) is 0.195. The van der Waals surface area contributed by atoms with Gasteiger partial charge in [0.25, 0.3) is 0 Å². The lowest BCUT2D eigenvalue weighted by Gasteiger charge is -2.72. The Hall–Kier alpha value is -2.03. The lowest BCUT2D eigenvalue weighted by molar-refractivity contribution is -0.225. The highest BCUT2D eigenvalue weighted by atomic mass is 32.2. The first-order chi connectivity index (χ1) is 24.4. The summed E-state index contributed by atoms with van der Waals surface area (Å²) in [5, 5.41) is 13.4. The van der Waals surface area contributed by atoms with Crippen LogP contribution >= 0.6 is 0 Å². The highest BCUT2D eigenvalue weighted by Gasteiger charge is 2.70. The third-order valence-corrected chi connectivity index (χ3v) is 18.7. The number of nitrogens with one attached hydrogen (secondary N) is 1. The van der Waals surface area contributed by atoms with E-state index < -0.39 is 21.6 Å². The van der Waals surface area contributed by atoms with Gasteiger partial charge in [-0.25, -0.2) is 17.6 Å². The molecule has 0 bridgehead atoms. The molecule has 1 aromatic carbocycles. The Balaban J connectivity index is 1.10. The summed E-state index contributed by atoms with van der Waals surface area (Å²) in [6, 6.07) is 4.44. The molecule has 0 aromatic heterocycles. The van der Waals surface area contributed by atoms with E-state index in [0.29, 0.717) is 65.2 Å². The summed E-state index contributed by atoms with van der Waals surface area (Å²) in [5.41, 5.74) is 3.64. The highest BCUT2D eigenvalue weighted by Crippen LogP contribution is 2.77. The molecule has 9 unspecified atom stereocenters. The van der Waals surface area contributed by atoms with Gasteiger partial charge in [0.05, 0.1) is 17.1 Å². The number of carboxylic acid groups (broad SMARTS) is 1. The van der Waals surface area contributed by atoms with Crippen LogP contribution in [0.15, 0.2) is 36.4 Å². The van der Waals surface area contributed by atoms with Crippen molar-refractivity contribution in [2.45, 2.75) is 106 Å². The first kappa shape index (κ1) is 38.3. The van der Waals surface area contributed by atoms with Gasteiger partial charge in [0.1, 0.15) is 5.82 Å². The van der Waals surface area contributed by atoms with Gasteiger partial charge in [0.15, 0.2) is 9.84 Å². The van der Waals surface area contributed by atoms with Gasteiger partial charge in [0, 0.05) is 25.2 Å². The third kappa shape index (κ3) is 5.99. The van der Waals surface area contributed by atoms with Crippen LogP contribution in [0.3, 0.4) is 0 Å². The Morgan fingerprint density at radius 2 is 1.71 bits per heavy atom. The molecule has 1 saturated heterocycles. The molecule has 9 atom stereocenters. The molecule has 2 N–H and O–H groups in total. The van der Waals surface area contributed by atoms with Crippen molar-refractivity contribution < 1.29 is 22.7 Å². The molecule has 7 rings (SSSR count). The highest BCUT2D eigenvalue weighted by molar-refractivity contribution is 7.91. The monoisotopic (exact) mass is 736 g/mol. The maximum Gasteiger partial charge on any atom is 0.335 e. The van der Waals surface area contributed by atoms with Crippen LogP contribution < -0.4 is 5.32 Å². The molecule has 4 saturated carbocycles. The molecule has 8 heteroatoms. The Morgan fingerprint density at radius 1 is 0.981 bits per heavy atom. The molecule has 1 aromatic rings. The van der Waals surface area contributed by atoms with E-state index in [1.165, 1.54) is 56.6 Å². The van der Waals surface area contributed by atoms with Crippen molar-refractivity contribution in [2.24, 2.45) is 56.7 Å². The Kier molecular flexibility index (Phi) is 9.80. The van der Waals surface area contributed by atoms with Crippen molar-refractivity contribution in [3.63, 3.8) is 0 Å². The average molecular weight is 737 g/mol. The standard InChI is InChI=1S/C44H65FN2O4S/c1-29(2)31-13-18-44(28-46-21-8-22-47-23-25-52(50,51)26-24-47)20-19-42(6)34(38(31)44)11-12-37-41(5)16-14-33(32-10-9-30(39(48)49)27-35(32)45)40(3,4)36(41)15-17-43(37,42)7/h9-10,14,27,31,34,36-38,46H,1,8,11-13,15-26,28H2,2-7H3,(H,48,49). The van der Waals surface area contributed by atoms with Gasteiger partial charge in [-0.2, -0.15) is 0 Å². The first-order valence-corrected chi connectivity index (χ1v) is 22.2. The molecule has 6 nitrogen and oxygen atoms in total. The van der Waals surface area contributed by atoms with Crippen molar-refractivity contribution in [2.75, 3.05) is 44.2 Å². The predicted molar refractivity (Wildman–Crippen MR) is 208 cm³/mol. The minimum atomic E-state index is -2.84. The molecule has 288 valence electrons. The molecule has 5 fully saturated rings. The topological polar surface area (TPSA) is 86.7 Å². The lowest BCUT2D eigenvalue weighted by atomic mass is 9.32. The summed E-state index contributed by atoms with van der Waals surface area (Å²) >= 11 is 0. The molecule has 5 aliphatic carbocycles. The van der Waals surface area contributed by atoms with E-state index in [-0.39, 0.29) is 27.2 Å². The van der Waals surface area contributed by atoms with Crippen molar-refractivity contribution in [1.82, 2.24) is 10.2 Å². The van der Waals surface area contributed by atoms with E-state index in [4.69, 9.17) is 0 Å². The summed E-state index contributed by atoms with van der Waals surface area (Å²) in [7, 11) is -2.84. The van der Waals surface area contributed by atoms with Crippen LogP contribution in [0.25, 0.3) is 5.57 Å². The number of allylic oxidation sites excluding steroid dienone is 3. The maximum absolute atomic E-state index is 15.5. The van der Waals surface area contributed by atoms with Gasteiger partial charge in [-0.1, -0.05) is 58.9 Å². The summed E-state index contributed by atoms with van der Waals surface area (Å²) < 4.78 is 39.3. The molecule has 0 spiro atoms. The summed E-state index contributed by atoms with van der Waals surface area (Å²) in [6.45, 7) is 23.8. The minimum absolute atomic E-state index is 0.00350. The van der Waals surface area contributed by atoms with E-state index in [0.717, 1.165) is 44.5 Å².